The summed E-state index contributed by atoms with van der Waals surface area (Å²) in [5.74, 6) is 0. The summed E-state index contributed by atoms with van der Waals surface area (Å²) in [7, 11) is 0. The molecule has 0 atom stereocenters. The van der Waals surface area contributed by atoms with Crippen LogP contribution in [0.5, 0.6) is 0 Å². The van der Waals surface area contributed by atoms with Crippen LogP contribution in [-0.2, 0) is 11.8 Å². The zero-order valence-electron chi connectivity index (χ0n) is 24.3. The predicted molar refractivity (Wildman–Crippen MR) is 184 cm³/mol. The summed E-state index contributed by atoms with van der Waals surface area (Å²) in [5.41, 5.74) is 13.7. The molecule has 6 aromatic carbocycles. The quantitative estimate of drug-likeness (QED) is 0.195. The number of allylic oxidation sites excluding steroid dienone is 3. The minimum atomic E-state index is -0.440. The van der Waals surface area contributed by atoms with Crippen molar-refractivity contribution in [3.8, 4) is 22.3 Å². The van der Waals surface area contributed by atoms with Crippen LogP contribution in [0.15, 0.2) is 158 Å². The number of pyridine rings is 1. The molecule has 1 nitrogen and oxygen atoms in total. The van der Waals surface area contributed by atoms with Gasteiger partial charge in [0.2, 0.25) is 0 Å². The molecule has 44 heavy (non-hydrogen) atoms. The molecule has 2 aliphatic rings. The molecular formula is C43H29N. The van der Waals surface area contributed by atoms with Crippen molar-refractivity contribution in [3.63, 3.8) is 0 Å². The molecule has 0 saturated carbocycles. The first-order valence-corrected chi connectivity index (χ1v) is 15.3. The normalized spacial score (nSPS) is 14.0. The fourth-order valence-electron chi connectivity index (χ4n) is 8.05. The Labute approximate surface area is 257 Å². The monoisotopic (exact) mass is 559 g/mol. The van der Waals surface area contributed by atoms with E-state index >= 15 is 0 Å². The highest BCUT2D eigenvalue weighted by atomic mass is 14.7. The van der Waals surface area contributed by atoms with E-state index in [-0.39, 0.29) is 0 Å². The van der Waals surface area contributed by atoms with Crippen molar-refractivity contribution >= 4 is 27.1 Å². The van der Waals surface area contributed by atoms with E-state index in [1.165, 1.54) is 71.6 Å². The summed E-state index contributed by atoms with van der Waals surface area (Å²) in [6, 6.07) is 49.2. The lowest BCUT2D eigenvalue weighted by molar-refractivity contribution is 0.801. The van der Waals surface area contributed by atoms with E-state index in [1.807, 2.05) is 18.3 Å². The van der Waals surface area contributed by atoms with Gasteiger partial charge in [-0.05, 0) is 95.4 Å². The van der Waals surface area contributed by atoms with E-state index in [1.54, 1.807) is 0 Å². The molecule has 0 radical (unpaired) electrons. The summed E-state index contributed by atoms with van der Waals surface area (Å²) in [4.78, 5) is 4.58. The Morgan fingerprint density at radius 2 is 1.27 bits per heavy atom. The molecule has 0 amide bonds. The minimum Gasteiger partial charge on any atom is -0.261 e. The van der Waals surface area contributed by atoms with Crippen molar-refractivity contribution in [2.75, 3.05) is 0 Å². The number of nitrogens with zero attached hydrogens (tertiary/aromatic N) is 1. The Morgan fingerprint density at radius 1 is 0.614 bits per heavy atom. The van der Waals surface area contributed by atoms with E-state index in [4.69, 9.17) is 0 Å². The lowest BCUT2D eigenvalue weighted by atomic mass is 9.69. The fourth-order valence-corrected chi connectivity index (χ4v) is 8.05. The van der Waals surface area contributed by atoms with Crippen LogP contribution in [0.3, 0.4) is 0 Å². The zero-order valence-corrected chi connectivity index (χ0v) is 24.3. The molecule has 0 saturated heterocycles. The molecule has 0 bridgehead atoms. The fraction of sp³-hybridized carbons (Fsp3) is 0.0465. The molecule has 2 aliphatic carbocycles. The Hall–Kier alpha value is -5.53. The van der Waals surface area contributed by atoms with Crippen LogP contribution in [-0.4, -0.2) is 4.98 Å². The van der Waals surface area contributed by atoms with E-state index in [9.17, 15) is 0 Å². The van der Waals surface area contributed by atoms with Crippen molar-refractivity contribution in [2.45, 2.75) is 11.8 Å². The molecule has 0 fully saturated rings. The maximum atomic E-state index is 4.58. The van der Waals surface area contributed by atoms with Gasteiger partial charge in [0.25, 0.3) is 0 Å². The van der Waals surface area contributed by atoms with Crippen molar-refractivity contribution in [1.82, 2.24) is 4.98 Å². The van der Waals surface area contributed by atoms with Gasteiger partial charge in [0, 0.05) is 18.3 Å². The van der Waals surface area contributed by atoms with Gasteiger partial charge in [-0.15, -0.1) is 0 Å². The van der Waals surface area contributed by atoms with Crippen LogP contribution in [0, 0.1) is 0 Å². The molecule has 206 valence electrons. The van der Waals surface area contributed by atoms with Crippen LogP contribution < -0.4 is 0 Å². The number of hydrogen-bond donors (Lipinski definition) is 0. The first-order chi connectivity index (χ1) is 21.8. The summed E-state index contributed by atoms with van der Waals surface area (Å²) < 4.78 is 0. The van der Waals surface area contributed by atoms with Crippen LogP contribution in [0.2, 0.25) is 0 Å². The largest absolute Gasteiger partial charge is 0.261 e. The lowest BCUT2D eigenvalue weighted by Gasteiger charge is -2.32. The lowest BCUT2D eigenvalue weighted by Crippen LogP contribution is -2.26. The average Bonchev–Trinajstić information content (AvgIpc) is 3.56. The molecule has 1 heteroatoms. The maximum Gasteiger partial charge on any atom is 0.0731 e. The van der Waals surface area contributed by atoms with Crippen molar-refractivity contribution in [1.29, 1.82) is 0 Å². The zero-order chi connectivity index (χ0) is 29.3. The van der Waals surface area contributed by atoms with Gasteiger partial charge < -0.3 is 0 Å². The van der Waals surface area contributed by atoms with E-state index in [2.05, 4.69) is 145 Å². The molecule has 0 unspecified atom stereocenters. The van der Waals surface area contributed by atoms with Crippen LogP contribution in [0.25, 0.3) is 49.4 Å². The maximum absolute atomic E-state index is 4.58. The predicted octanol–water partition coefficient (Wildman–Crippen LogP) is 10.5. The number of rotatable bonds is 4. The Morgan fingerprint density at radius 3 is 2.00 bits per heavy atom. The molecular weight excluding hydrogens is 530 g/mol. The van der Waals surface area contributed by atoms with Crippen molar-refractivity contribution in [2.24, 2.45) is 0 Å². The standard InChI is InChI=1S/C43H29N/c1-2-28(22-24-30-14-11-12-26-44-30)37-27-40-41(35-19-6-5-16-32(35)37)36-25-23-29-13-3-4-15-31(29)42(36)43(40)38-20-9-7-17-33(38)34-18-8-10-21-39(34)43/h2-23,25-27H,1,24H2/b28-22+. The van der Waals surface area contributed by atoms with Gasteiger partial charge in [-0.2, -0.15) is 0 Å². The van der Waals surface area contributed by atoms with Gasteiger partial charge in [0.1, 0.15) is 0 Å². The summed E-state index contributed by atoms with van der Waals surface area (Å²) >= 11 is 0. The average molecular weight is 560 g/mol. The topological polar surface area (TPSA) is 12.9 Å². The van der Waals surface area contributed by atoms with Gasteiger partial charge >= 0.3 is 0 Å². The number of hydrogen-bond acceptors (Lipinski definition) is 1. The van der Waals surface area contributed by atoms with Crippen molar-refractivity contribution in [3.05, 3.63) is 192 Å². The van der Waals surface area contributed by atoms with Gasteiger partial charge in [-0.3, -0.25) is 4.98 Å². The first kappa shape index (κ1) is 25.0. The summed E-state index contributed by atoms with van der Waals surface area (Å²) in [6.07, 6.45) is 6.90. The van der Waals surface area contributed by atoms with Gasteiger partial charge in [-0.25, -0.2) is 0 Å². The molecule has 1 aromatic heterocycles. The SMILES string of the molecule is C=C/C(=C\Cc1ccccn1)c1cc2c(c3ccccc13)-c1ccc3ccccc3c1C21c2ccccc2-c2ccccc21. The van der Waals surface area contributed by atoms with Crippen molar-refractivity contribution < 1.29 is 0 Å². The van der Waals surface area contributed by atoms with E-state index in [0.717, 1.165) is 17.7 Å². The van der Waals surface area contributed by atoms with Crippen LogP contribution in [0.1, 0.15) is 33.5 Å². The minimum absolute atomic E-state index is 0.440. The highest BCUT2D eigenvalue weighted by Crippen LogP contribution is 2.65. The highest BCUT2D eigenvalue weighted by Gasteiger charge is 2.53. The van der Waals surface area contributed by atoms with E-state index in [0.29, 0.717) is 0 Å². The van der Waals surface area contributed by atoms with Gasteiger partial charge in [0.15, 0.2) is 0 Å². The molecule has 1 heterocycles. The van der Waals surface area contributed by atoms with Gasteiger partial charge in [-0.1, -0.05) is 134 Å². The highest BCUT2D eigenvalue weighted by molar-refractivity contribution is 6.13. The first-order valence-electron chi connectivity index (χ1n) is 15.3. The molecule has 0 N–H and O–H groups in total. The molecule has 1 spiro atoms. The number of benzene rings is 6. The number of aromatic nitrogens is 1. The second-order valence-electron chi connectivity index (χ2n) is 11.8. The third kappa shape index (κ3) is 3.27. The molecule has 9 rings (SSSR count). The Balaban J connectivity index is 1.45. The van der Waals surface area contributed by atoms with E-state index < -0.39 is 5.41 Å². The third-order valence-electron chi connectivity index (χ3n) is 9.76. The Kier molecular flexibility index (Phi) is 5.39. The van der Waals surface area contributed by atoms with Crippen LogP contribution >= 0.6 is 0 Å². The third-order valence-corrected chi connectivity index (χ3v) is 9.76. The molecule has 7 aromatic rings. The van der Waals surface area contributed by atoms with Crippen LogP contribution in [0.4, 0.5) is 0 Å². The second-order valence-corrected chi connectivity index (χ2v) is 11.8. The summed E-state index contributed by atoms with van der Waals surface area (Å²) in [6.45, 7) is 4.30. The molecule has 0 aliphatic heterocycles. The number of fused-ring (bicyclic) bond motifs is 14. The smallest absolute Gasteiger partial charge is 0.0731 e. The second kappa shape index (κ2) is 9.49. The Bertz CT molecular complexity index is 2280. The summed E-state index contributed by atoms with van der Waals surface area (Å²) in [5, 5.41) is 5.11. The van der Waals surface area contributed by atoms with Gasteiger partial charge in [0.05, 0.1) is 5.41 Å².